The molecule has 0 saturated heterocycles. The number of nitrogens with zero attached hydrogens (tertiary/aromatic N) is 4. The molecule has 3 aromatic rings. The molecule has 0 spiro atoms. The van der Waals surface area contributed by atoms with Crippen LogP contribution in [0.15, 0.2) is 61.1 Å². The smallest absolute Gasteiger partial charge is 0.225 e. The molecular weight excluding hydrogens is 338 g/mol. The largest absolute Gasteiger partial charge is 0.378 e. The molecule has 0 bridgehead atoms. The third-order valence-electron chi connectivity index (χ3n) is 4.35. The molecule has 0 fully saturated rings. The van der Waals surface area contributed by atoms with Gasteiger partial charge in [-0.2, -0.15) is 5.10 Å². The van der Waals surface area contributed by atoms with E-state index in [1.165, 1.54) is 5.56 Å². The summed E-state index contributed by atoms with van der Waals surface area (Å²) in [6, 6.07) is 14.1. The minimum atomic E-state index is -0.0235. The molecule has 0 aliphatic rings. The molecule has 6 nitrogen and oxygen atoms in total. The van der Waals surface area contributed by atoms with Crippen LogP contribution in [0.2, 0.25) is 0 Å². The van der Waals surface area contributed by atoms with Gasteiger partial charge >= 0.3 is 0 Å². The van der Waals surface area contributed by atoms with Crippen LogP contribution >= 0.6 is 0 Å². The molecule has 0 aliphatic carbocycles. The van der Waals surface area contributed by atoms with Crippen LogP contribution in [0.3, 0.4) is 0 Å². The van der Waals surface area contributed by atoms with Crippen molar-refractivity contribution in [2.24, 2.45) is 0 Å². The lowest BCUT2D eigenvalue weighted by atomic mass is 10.1. The lowest BCUT2D eigenvalue weighted by Gasteiger charge is -2.13. The van der Waals surface area contributed by atoms with E-state index >= 15 is 0 Å². The quantitative estimate of drug-likeness (QED) is 0.668. The van der Waals surface area contributed by atoms with Crippen LogP contribution in [0.4, 0.5) is 11.5 Å². The van der Waals surface area contributed by atoms with Crippen molar-refractivity contribution in [2.75, 3.05) is 24.3 Å². The van der Waals surface area contributed by atoms with E-state index in [1.807, 2.05) is 55.3 Å². The number of pyridine rings is 1. The molecule has 27 heavy (non-hydrogen) atoms. The number of carbonyl (C=O) groups excluding carboxylic acids is 1. The van der Waals surface area contributed by atoms with Gasteiger partial charge in [0.05, 0.1) is 0 Å². The predicted octanol–water partition coefficient (Wildman–Crippen LogP) is 3.16. The fraction of sp³-hybridized carbons (Fsp3) is 0.286. The van der Waals surface area contributed by atoms with Crippen molar-refractivity contribution in [2.45, 2.75) is 25.8 Å². The van der Waals surface area contributed by atoms with Gasteiger partial charge in [-0.05, 0) is 48.2 Å². The van der Waals surface area contributed by atoms with Crippen molar-refractivity contribution in [3.05, 3.63) is 72.2 Å². The monoisotopic (exact) mass is 363 g/mol. The number of hydrogen-bond donors (Lipinski definition) is 1. The Morgan fingerprint density at radius 3 is 2.67 bits per heavy atom. The van der Waals surface area contributed by atoms with E-state index in [-0.39, 0.29) is 5.91 Å². The summed E-state index contributed by atoms with van der Waals surface area (Å²) in [6.45, 7) is 0.761. The maximum atomic E-state index is 12.2. The highest BCUT2D eigenvalue weighted by Crippen LogP contribution is 2.15. The van der Waals surface area contributed by atoms with E-state index in [4.69, 9.17) is 0 Å². The number of nitrogens with one attached hydrogen (secondary N) is 1. The Morgan fingerprint density at radius 1 is 1.07 bits per heavy atom. The SMILES string of the molecule is CN(C)c1cccc(CCC(=O)Nc2ccn(CCc3ccncc3)n2)c1. The van der Waals surface area contributed by atoms with E-state index in [0.29, 0.717) is 18.7 Å². The highest BCUT2D eigenvalue weighted by molar-refractivity contribution is 5.89. The van der Waals surface area contributed by atoms with E-state index in [1.54, 1.807) is 12.4 Å². The molecule has 2 aromatic heterocycles. The molecule has 0 saturated carbocycles. The number of aryl methyl sites for hydroxylation is 3. The number of hydrogen-bond acceptors (Lipinski definition) is 4. The van der Waals surface area contributed by atoms with E-state index in [9.17, 15) is 4.79 Å². The van der Waals surface area contributed by atoms with Gasteiger partial charge in [-0.25, -0.2) is 0 Å². The van der Waals surface area contributed by atoms with Gasteiger partial charge in [0, 0.05) is 57.4 Å². The summed E-state index contributed by atoms with van der Waals surface area (Å²) in [5, 5.41) is 7.30. The van der Waals surface area contributed by atoms with Gasteiger partial charge in [0.25, 0.3) is 0 Å². The number of anilines is 2. The molecule has 1 aromatic carbocycles. The molecule has 2 heterocycles. The number of amides is 1. The standard InChI is InChI=1S/C21H25N5O/c1-25(2)19-5-3-4-18(16-19)6-7-21(27)23-20-11-15-26(24-20)14-10-17-8-12-22-13-9-17/h3-5,8-9,11-13,15-16H,6-7,10,14H2,1-2H3,(H,23,24,27). The Kier molecular flexibility index (Phi) is 6.20. The van der Waals surface area contributed by atoms with Crippen LogP contribution < -0.4 is 10.2 Å². The second-order valence-corrected chi connectivity index (χ2v) is 6.68. The van der Waals surface area contributed by atoms with E-state index in [0.717, 1.165) is 24.2 Å². The zero-order valence-corrected chi connectivity index (χ0v) is 15.8. The summed E-state index contributed by atoms with van der Waals surface area (Å²) >= 11 is 0. The van der Waals surface area contributed by atoms with Crippen LogP contribution in [0, 0.1) is 0 Å². The Morgan fingerprint density at radius 2 is 1.89 bits per heavy atom. The van der Waals surface area contributed by atoms with Gasteiger partial charge in [-0.15, -0.1) is 0 Å². The molecule has 0 unspecified atom stereocenters. The molecule has 0 radical (unpaired) electrons. The normalized spacial score (nSPS) is 10.6. The van der Waals surface area contributed by atoms with Crippen molar-refractivity contribution >= 4 is 17.4 Å². The van der Waals surface area contributed by atoms with Crippen LogP contribution in [-0.2, 0) is 24.2 Å². The molecule has 1 N–H and O–H groups in total. The zero-order chi connectivity index (χ0) is 19.1. The summed E-state index contributed by atoms with van der Waals surface area (Å²) < 4.78 is 1.84. The molecule has 3 rings (SSSR count). The Balaban J connectivity index is 1.47. The first-order valence-corrected chi connectivity index (χ1v) is 9.08. The number of aromatic nitrogens is 3. The Hall–Kier alpha value is -3.15. The van der Waals surface area contributed by atoms with E-state index < -0.39 is 0 Å². The third-order valence-corrected chi connectivity index (χ3v) is 4.35. The molecule has 1 amide bonds. The first-order valence-electron chi connectivity index (χ1n) is 9.08. The topological polar surface area (TPSA) is 63.1 Å². The molecule has 0 atom stereocenters. The van der Waals surface area contributed by atoms with Crippen molar-refractivity contribution in [1.29, 1.82) is 0 Å². The summed E-state index contributed by atoms with van der Waals surface area (Å²) in [5.41, 5.74) is 3.51. The first-order chi connectivity index (χ1) is 13.1. The minimum Gasteiger partial charge on any atom is -0.378 e. The molecule has 6 heteroatoms. The van der Waals surface area contributed by atoms with Crippen molar-refractivity contribution in [3.63, 3.8) is 0 Å². The predicted molar refractivity (Wildman–Crippen MR) is 108 cm³/mol. The van der Waals surface area contributed by atoms with Crippen LogP contribution in [0.5, 0.6) is 0 Å². The fourth-order valence-corrected chi connectivity index (χ4v) is 2.80. The van der Waals surface area contributed by atoms with Gasteiger partial charge in [0.2, 0.25) is 5.91 Å². The average molecular weight is 363 g/mol. The number of carbonyl (C=O) groups is 1. The van der Waals surface area contributed by atoms with Crippen molar-refractivity contribution < 1.29 is 4.79 Å². The van der Waals surface area contributed by atoms with Crippen LogP contribution in [0.25, 0.3) is 0 Å². The average Bonchev–Trinajstić information content (AvgIpc) is 3.13. The van der Waals surface area contributed by atoms with Gasteiger partial charge in [0.1, 0.15) is 0 Å². The maximum Gasteiger partial charge on any atom is 0.225 e. The fourth-order valence-electron chi connectivity index (χ4n) is 2.80. The highest BCUT2D eigenvalue weighted by atomic mass is 16.1. The van der Waals surface area contributed by atoms with Gasteiger partial charge in [-0.1, -0.05) is 12.1 Å². The highest BCUT2D eigenvalue weighted by Gasteiger charge is 2.07. The minimum absolute atomic E-state index is 0.0235. The lowest BCUT2D eigenvalue weighted by Crippen LogP contribution is -2.14. The van der Waals surface area contributed by atoms with Gasteiger partial charge < -0.3 is 10.2 Å². The second kappa shape index (κ2) is 8.98. The van der Waals surface area contributed by atoms with Gasteiger partial charge in [0.15, 0.2) is 5.82 Å². The summed E-state index contributed by atoms with van der Waals surface area (Å²) in [4.78, 5) is 18.3. The van der Waals surface area contributed by atoms with Crippen LogP contribution in [0.1, 0.15) is 17.5 Å². The second-order valence-electron chi connectivity index (χ2n) is 6.68. The molecular formula is C21H25N5O. The zero-order valence-electron chi connectivity index (χ0n) is 15.8. The lowest BCUT2D eigenvalue weighted by molar-refractivity contribution is -0.116. The van der Waals surface area contributed by atoms with Gasteiger partial charge in [-0.3, -0.25) is 14.5 Å². The third kappa shape index (κ3) is 5.67. The van der Waals surface area contributed by atoms with Crippen molar-refractivity contribution in [1.82, 2.24) is 14.8 Å². The summed E-state index contributed by atoms with van der Waals surface area (Å²) in [7, 11) is 4.02. The molecule has 0 aliphatic heterocycles. The molecule has 140 valence electrons. The maximum absolute atomic E-state index is 12.2. The number of rotatable bonds is 8. The Bertz CT molecular complexity index is 873. The van der Waals surface area contributed by atoms with Crippen LogP contribution in [-0.4, -0.2) is 34.8 Å². The van der Waals surface area contributed by atoms with E-state index in [2.05, 4.69) is 32.4 Å². The summed E-state index contributed by atoms with van der Waals surface area (Å²) in [6.07, 6.45) is 7.48. The Labute approximate surface area is 159 Å². The first kappa shape index (κ1) is 18.6. The summed E-state index contributed by atoms with van der Waals surface area (Å²) in [5.74, 6) is 0.571. The van der Waals surface area contributed by atoms with Crippen molar-refractivity contribution in [3.8, 4) is 0 Å². The number of benzene rings is 1.